The van der Waals surface area contributed by atoms with Gasteiger partial charge in [0.2, 0.25) is 5.91 Å². The maximum absolute atomic E-state index is 12.7. The summed E-state index contributed by atoms with van der Waals surface area (Å²) in [6.07, 6.45) is -1.25. The molecule has 0 aliphatic rings. The number of nitrogens with zero attached hydrogens (tertiary/aromatic N) is 2. The van der Waals surface area contributed by atoms with Gasteiger partial charge in [-0.25, -0.2) is 4.98 Å². The van der Waals surface area contributed by atoms with Crippen LogP contribution in [-0.2, 0) is 18.0 Å². The molecule has 118 valence electrons. The molecule has 9 heteroatoms. The summed E-state index contributed by atoms with van der Waals surface area (Å²) in [5.74, 6) is -0.391. The summed E-state index contributed by atoms with van der Waals surface area (Å²) in [6, 6.07) is 3.23. The third-order valence-corrected chi connectivity index (χ3v) is 4.05. The largest absolute Gasteiger partial charge is 0.417 e. The van der Waals surface area contributed by atoms with Crippen molar-refractivity contribution in [3.05, 3.63) is 41.2 Å². The van der Waals surface area contributed by atoms with Crippen LogP contribution in [0.15, 0.2) is 35.7 Å². The Balaban J connectivity index is 2.01. The molecule has 0 saturated carbocycles. The first-order chi connectivity index (χ1) is 10.3. The molecule has 2 rings (SSSR count). The molecule has 0 saturated heterocycles. The average molecular weight is 350 g/mol. The Hall–Kier alpha value is -1.67. The van der Waals surface area contributed by atoms with Gasteiger partial charge < -0.3 is 9.88 Å². The van der Waals surface area contributed by atoms with Crippen LogP contribution in [-0.4, -0.2) is 21.2 Å². The van der Waals surface area contributed by atoms with E-state index in [1.54, 1.807) is 24.0 Å². The molecule has 2 aromatic rings. The van der Waals surface area contributed by atoms with Crippen molar-refractivity contribution < 1.29 is 18.0 Å². The maximum atomic E-state index is 12.7. The first kappa shape index (κ1) is 16.7. The fourth-order valence-corrected chi connectivity index (χ4v) is 2.60. The molecule has 1 amide bonds. The number of aromatic nitrogens is 2. The van der Waals surface area contributed by atoms with Crippen molar-refractivity contribution in [2.75, 3.05) is 11.1 Å². The van der Waals surface area contributed by atoms with Crippen molar-refractivity contribution >= 4 is 35.0 Å². The molecule has 4 nitrogen and oxygen atoms in total. The van der Waals surface area contributed by atoms with Gasteiger partial charge in [-0.05, 0) is 18.2 Å². The zero-order valence-corrected chi connectivity index (χ0v) is 12.9. The van der Waals surface area contributed by atoms with Gasteiger partial charge in [-0.3, -0.25) is 4.79 Å². The highest BCUT2D eigenvalue weighted by Crippen LogP contribution is 2.36. The number of thioether (sulfide) groups is 1. The lowest BCUT2D eigenvalue weighted by atomic mass is 10.2. The number of nitrogens with one attached hydrogen (secondary N) is 1. The standard InChI is InChI=1S/C13H11ClF3N3OS/c1-20-5-4-18-12(20)22-7-11(21)19-8-2-3-10(14)9(6-8)13(15,16)17/h2-6H,7H2,1H3,(H,19,21). The van der Waals surface area contributed by atoms with E-state index in [1.807, 2.05) is 0 Å². The highest BCUT2D eigenvalue weighted by Gasteiger charge is 2.33. The van der Waals surface area contributed by atoms with E-state index in [4.69, 9.17) is 11.6 Å². The molecule has 0 spiro atoms. The van der Waals surface area contributed by atoms with Crippen LogP contribution in [0.25, 0.3) is 0 Å². The monoisotopic (exact) mass is 349 g/mol. The number of hydrogen-bond donors (Lipinski definition) is 1. The van der Waals surface area contributed by atoms with Crippen LogP contribution in [0.1, 0.15) is 5.56 Å². The zero-order valence-electron chi connectivity index (χ0n) is 11.3. The van der Waals surface area contributed by atoms with Crippen LogP contribution in [0.2, 0.25) is 5.02 Å². The minimum absolute atomic E-state index is 0.0365. The topological polar surface area (TPSA) is 46.9 Å². The molecule has 0 bridgehead atoms. The molecule has 22 heavy (non-hydrogen) atoms. The number of alkyl halides is 3. The van der Waals surface area contributed by atoms with E-state index in [9.17, 15) is 18.0 Å². The highest BCUT2D eigenvalue weighted by atomic mass is 35.5. The second kappa shape index (κ2) is 6.62. The highest BCUT2D eigenvalue weighted by molar-refractivity contribution is 7.99. The number of imidazole rings is 1. The first-order valence-electron chi connectivity index (χ1n) is 6.04. The Morgan fingerprint density at radius 2 is 2.18 bits per heavy atom. The van der Waals surface area contributed by atoms with Gasteiger partial charge in [0.1, 0.15) is 0 Å². The molecule has 1 aromatic heterocycles. The Bertz CT molecular complexity index is 687. The van der Waals surface area contributed by atoms with Crippen LogP contribution in [0.3, 0.4) is 0 Å². The second-order valence-corrected chi connectivity index (χ2v) is 5.70. The fraction of sp³-hybridized carbons (Fsp3) is 0.231. The fourth-order valence-electron chi connectivity index (χ4n) is 1.64. The number of carbonyl (C=O) groups is 1. The van der Waals surface area contributed by atoms with E-state index in [1.165, 1.54) is 17.8 Å². The van der Waals surface area contributed by atoms with Crippen molar-refractivity contribution in [3.63, 3.8) is 0 Å². The van der Waals surface area contributed by atoms with E-state index >= 15 is 0 Å². The quantitative estimate of drug-likeness (QED) is 0.853. The Morgan fingerprint density at radius 1 is 1.45 bits per heavy atom. The maximum Gasteiger partial charge on any atom is 0.417 e. The van der Waals surface area contributed by atoms with Gasteiger partial charge in [0, 0.05) is 25.1 Å². The summed E-state index contributed by atoms with van der Waals surface area (Å²) in [5.41, 5.74) is -0.939. The summed E-state index contributed by atoms with van der Waals surface area (Å²) in [4.78, 5) is 15.8. The lowest BCUT2D eigenvalue weighted by Gasteiger charge is -2.11. The normalized spacial score (nSPS) is 11.5. The van der Waals surface area contributed by atoms with E-state index in [0.717, 1.165) is 12.1 Å². The number of carbonyl (C=O) groups excluding carboxylic acids is 1. The third-order valence-electron chi connectivity index (χ3n) is 2.66. The molecule has 1 N–H and O–H groups in total. The lowest BCUT2D eigenvalue weighted by Crippen LogP contribution is -2.15. The molecule has 1 aromatic carbocycles. The number of aryl methyl sites for hydroxylation is 1. The van der Waals surface area contributed by atoms with E-state index in [-0.39, 0.29) is 11.4 Å². The van der Waals surface area contributed by atoms with Gasteiger partial charge in [0.25, 0.3) is 0 Å². The predicted molar refractivity (Wildman–Crippen MR) is 79.0 cm³/mol. The van der Waals surface area contributed by atoms with Gasteiger partial charge in [0.15, 0.2) is 5.16 Å². The van der Waals surface area contributed by atoms with Crippen LogP contribution < -0.4 is 5.32 Å². The van der Waals surface area contributed by atoms with Crippen molar-refractivity contribution in [1.82, 2.24) is 9.55 Å². The van der Waals surface area contributed by atoms with Crippen molar-refractivity contribution in [3.8, 4) is 0 Å². The first-order valence-corrected chi connectivity index (χ1v) is 7.40. The molecule has 0 atom stereocenters. The molecule has 1 heterocycles. The van der Waals surface area contributed by atoms with Crippen LogP contribution in [0.4, 0.5) is 18.9 Å². The van der Waals surface area contributed by atoms with Crippen LogP contribution >= 0.6 is 23.4 Å². The number of hydrogen-bond acceptors (Lipinski definition) is 3. The molecule has 0 aliphatic heterocycles. The SMILES string of the molecule is Cn1ccnc1SCC(=O)Nc1ccc(Cl)c(C(F)(F)F)c1. The summed E-state index contributed by atoms with van der Waals surface area (Å²) in [5, 5.41) is 2.64. The van der Waals surface area contributed by atoms with Crippen LogP contribution in [0, 0.1) is 0 Å². The van der Waals surface area contributed by atoms with Gasteiger partial charge in [-0.1, -0.05) is 23.4 Å². The smallest absolute Gasteiger partial charge is 0.329 e. The molecule has 0 unspecified atom stereocenters. The van der Waals surface area contributed by atoms with Crippen molar-refractivity contribution in [1.29, 1.82) is 0 Å². The predicted octanol–water partition coefficient (Wildman–Crippen LogP) is 3.82. The van der Waals surface area contributed by atoms with Crippen molar-refractivity contribution in [2.24, 2.45) is 7.05 Å². The summed E-state index contributed by atoms with van der Waals surface area (Å²) < 4.78 is 39.9. The van der Waals surface area contributed by atoms with Crippen molar-refractivity contribution in [2.45, 2.75) is 11.3 Å². The van der Waals surface area contributed by atoms with E-state index in [0.29, 0.717) is 5.16 Å². The number of halogens is 4. The average Bonchev–Trinajstić information content (AvgIpc) is 2.83. The molecular formula is C13H11ClF3N3OS. The molecule has 0 radical (unpaired) electrons. The molecule has 0 aliphatic carbocycles. The Kier molecular flexibility index (Phi) is 5.02. The Labute approximate surface area is 133 Å². The molecule has 0 fully saturated rings. The van der Waals surface area contributed by atoms with Gasteiger partial charge in [0.05, 0.1) is 16.3 Å². The minimum atomic E-state index is -4.57. The summed E-state index contributed by atoms with van der Waals surface area (Å²) >= 11 is 6.70. The van der Waals surface area contributed by atoms with Crippen LogP contribution in [0.5, 0.6) is 0 Å². The van der Waals surface area contributed by atoms with E-state index in [2.05, 4.69) is 10.3 Å². The number of anilines is 1. The zero-order chi connectivity index (χ0) is 16.3. The number of benzene rings is 1. The lowest BCUT2D eigenvalue weighted by molar-refractivity contribution is -0.137. The molecular weight excluding hydrogens is 339 g/mol. The van der Waals surface area contributed by atoms with Gasteiger partial charge >= 0.3 is 6.18 Å². The van der Waals surface area contributed by atoms with Gasteiger partial charge in [-0.2, -0.15) is 13.2 Å². The summed E-state index contributed by atoms with van der Waals surface area (Å²) in [6.45, 7) is 0. The number of amides is 1. The second-order valence-electron chi connectivity index (χ2n) is 4.35. The number of rotatable bonds is 4. The third kappa shape index (κ3) is 4.17. The minimum Gasteiger partial charge on any atom is -0.329 e. The van der Waals surface area contributed by atoms with E-state index < -0.39 is 22.7 Å². The Morgan fingerprint density at radius 3 is 2.77 bits per heavy atom. The van der Waals surface area contributed by atoms with Gasteiger partial charge in [-0.15, -0.1) is 0 Å². The summed E-state index contributed by atoms with van der Waals surface area (Å²) in [7, 11) is 1.78.